The third-order valence-electron chi connectivity index (χ3n) is 3.00. The summed E-state index contributed by atoms with van der Waals surface area (Å²) < 4.78 is 0. The minimum Gasteiger partial charge on any atom is -0.389 e. The van der Waals surface area contributed by atoms with E-state index in [9.17, 15) is 0 Å². The first-order valence-electron chi connectivity index (χ1n) is 6.58. The van der Waals surface area contributed by atoms with Crippen molar-refractivity contribution in [2.75, 3.05) is 11.4 Å². The first-order chi connectivity index (χ1) is 8.57. The highest BCUT2D eigenvalue weighted by Crippen LogP contribution is 2.22. The van der Waals surface area contributed by atoms with Gasteiger partial charge in [-0.1, -0.05) is 32.0 Å². The van der Waals surface area contributed by atoms with Gasteiger partial charge in [0.15, 0.2) is 0 Å². The highest BCUT2D eigenvalue weighted by molar-refractivity contribution is 7.80. The van der Waals surface area contributed by atoms with E-state index in [0.717, 1.165) is 17.8 Å². The van der Waals surface area contributed by atoms with Crippen molar-refractivity contribution in [2.45, 2.75) is 46.1 Å². The number of nitrogens with zero attached hydrogens (tertiary/aromatic N) is 2. The minimum atomic E-state index is 0.416. The fourth-order valence-electron chi connectivity index (χ4n) is 2.01. The van der Waals surface area contributed by atoms with Crippen LogP contribution in [0.5, 0.6) is 0 Å². The Hall–Kier alpha value is -1.16. The van der Waals surface area contributed by atoms with Crippen LogP contribution in [0.1, 0.15) is 45.6 Å². The van der Waals surface area contributed by atoms with E-state index in [0.29, 0.717) is 11.0 Å². The van der Waals surface area contributed by atoms with Crippen LogP contribution in [0.2, 0.25) is 0 Å². The summed E-state index contributed by atoms with van der Waals surface area (Å²) in [5.41, 5.74) is 7.76. The molecule has 0 amide bonds. The number of hydrogen-bond donors (Lipinski definition) is 1. The average Bonchev–Trinajstić information content (AvgIpc) is 2.34. The second kappa shape index (κ2) is 7.31. The third-order valence-corrected chi connectivity index (χ3v) is 3.22. The van der Waals surface area contributed by atoms with Crippen molar-refractivity contribution in [3.8, 4) is 0 Å². The van der Waals surface area contributed by atoms with E-state index in [4.69, 9.17) is 18.0 Å². The highest BCUT2D eigenvalue weighted by Gasteiger charge is 2.15. The second-order valence-electron chi connectivity index (χ2n) is 4.75. The topological polar surface area (TPSA) is 42.2 Å². The van der Waals surface area contributed by atoms with Crippen LogP contribution in [0, 0.1) is 0 Å². The van der Waals surface area contributed by atoms with Gasteiger partial charge in [-0.2, -0.15) is 0 Å². The highest BCUT2D eigenvalue weighted by atomic mass is 32.1. The Morgan fingerprint density at radius 1 is 1.44 bits per heavy atom. The number of nitrogens with two attached hydrogens (primary N) is 1. The monoisotopic (exact) mass is 265 g/mol. The smallest absolute Gasteiger partial charge is 0.106 e. The van der Waals surface area contributed by atoms with Crippen LogP contribution in [-0.2, 0) is 0 Å². The van der Waals surface area contributed by atoms with E-state index in [2.05, 4.69) is 30.7 Å². The normalized spacial score (nSPS) is 10.7. The van der Waals surface area contributed by atoms with Crippen LogP contribution in [0.15, 0.2) is 18.5 Å². The average molecular weight is 265 g/mol. The molecular formula is C14H23N3S. The van der Waals surface area contributed by atoms with E-state index < -0.39 is 0 Å². The molecule has 0 bridgehead atoms. The summed E-state index contributed by atoms with van der Waals surface area (Å²) in [6, 6.07) is 2.31. The SMILES string of the molecule is CCCCCN(c1cnccc1C(N)=S)C(C)C. The molecule has 2 N–H and O–H groups in total. The molecule has 100 valence electrons. The van der Waals surface area contributed by atoms with Gasteiger partial charge in [-0.25, -0.2) is 0 Å². The fraction of sp³-hybridized carbons (Fsp3) is 0.571. The Morgan fingerprint density at radius 3 is 2.72 bits per heavy atom. The number of hydrogen-bond acceptors (Lipinski definition) is 3. The molecule has 0 aliphatic heterocycles. The Morgan fingerprint density at radius 2 is 2.17 bits per heavy atom. The summed E-state index contributed by atoms with van der Waals surface area (Å²) in [5, 5.41) is 0. The van der Waals surface area contributed by atoms with E-state index in [-0.39, 0.29) is 0 Å². The van der Waals surface area contributed by atoms with Gasteiger partial charge in [-0.15, -0.1) is 0 Å². The fourth-order valence-corrected chi connectivity index (χ4v) is 2.18. The van der Waals surface area contributed by atoms with Gasteiger partial charge in [-0.3, -0.25) is 4.98 Å². The molecule has 0 unspecified atom stereocenters. The molecule has 1 aromatic rings. The van der Waals surface area contributed by atoms with Crippen LogP contribution in [-0.4, -0.2) is 22.6 Å². The maximum atomic E-state index is 5.78. The summed E-state index contributed by atoms with van der Waals surface area (Å²) in [7, 11) is 0. The summed E-state index contributed by atoms with van der Waals surface area (Å²) in [6.07, 6.45) is 7.25. The van der Waals surface area contributed by atoms with Crippen LogP contribution in [0.25, 0.3) is 0 Å². The Bertz CT molecular complexity index is 390. The zero-order valence-corrected chi connectivity index (χ0v) is 12.3. The first kappa shape index (κ1) is 14.9. The van der Waals surface area contributed by atoms with E-state index >= 15 is 0 Å². The molecule has 1 rings (SSSR count). The zero-order valence-electron chi connectivity index (χ0n) is 11.5. The van der Waals surface area contributed by atoms with Crippen molar-refractivity contribution >= 4 is 22.9 Å². The molecule has 0 aliphatic carbocycles. The summed E-state index contributed by atoms with van der Waals surface area (Å²) in [5.74, 6) is 0. The van der Waals surface area contributed by atoms with Crippen LogP contribution in [0.4, 0.5) is 5.69 Å². The molecule has 4 heteroatoms. The molecule has 0 aliphatic rings. The van der Waals surface area contributed by atoms with Crippen LogP contribution >= 0.6 is 12.2 Å². The van der Waals surface area contributed by atoms with Gasteiger partial charge in [0.2, 0.25) is 0 Å². The summed E-state index contributed by atoms with van der Waals surface area (Å²) in [4.78, 5) is 6.97. The lowest BCUT2D eigenvalue weighted by molar-refractivity contribution is 0.625. The Labute approximate surface area is 115 Å². The van der Waals surface area contributed by atoms with Crippen molar-refractivity contribution < 1.29 is 0 Å². The maximum Gasteiger partial charge on any atom is 0.106 e. The second-order valence-corrected chi connectivity index (χ2v) is 5.19. The number of aromatic nitrogens is 1. The first-order valence-corrected chi connectivity index (χ1v) is 6.99. The van der Waals surface area contributed by atoms with Gasteiger partial charge in [0, 0.05) is 24.3 Å². The van der Waals surface area contributed by atoms with E-state index in [1.165, 1.54) is 19.3 Å². The third kappa shape index (κ3) is 3.95. The Balaban J connectivity index is 2.94. The summed E-state index contributed by atoms with van der Waals surface area (Å²) in [6.45, 7) is 7.60. The number of pyridine rings is 1. The lowest BCUT2D eigenvalue weighted by Gasteiger charge is -2.30. The zero-order chi connectivity index (χ0) is 13.5. The Kier molecular flexibility index (Phi) is 6.05. The lowest BCUT2D eigenvalue weighted by Crippen LogP contribution is -2.33. The summed E-state index contributed by atoms with van der Waals surface area (Å²) >= 11 is 5.11. The molecule has 1 aromatic heterocycles. The van der Waals surface area contributed by atoms with Gasteiger partial charge in [-0.05, 0) is 26.3 Å². The lowest BCUT2D eigenvalue weighted by atomic mass is 10.1. The predicted molar refractivity (Wildman–Crippen MR) is 82.1 cm³/mol. The molecule has 18 heavy (non-hydrogen) atoms. The molecule has 1 heterocycles. The number of unbranched alkanes of at least 4 members (excludes halogenated alkanes) is 2. The van der Waals surface area contributed by atoms with E-state index in [1.54, 1.807) is 6.20 Å². The van der Waals surface area contributed by atoms with Gasteiger partial charge < -0.3 is 10.6 Å². The van der Waals surface area contributed by atoms with Crippen molar-refractivity contribution in [3.05, 3.63) is 24.0 Å². The minimum absolute atomic E-state index is 0.416. The number of thiocarbonyl (C=S) groups is 1. The molecule has 0 saturated heterocycles. The van der Waals surface area contributed by atoms with Gasteiger partial charge >= 0.3 is 0 Å². The molecule has 0 aromatic carbocycles. The number of rotatable bonds is 7. The number of anilines is 1. The molecule has 0 spiro atoms. The standard InChI is InChI=1S/C14H23N3S/c1-4-5-6-9-17(11(2)3)13-10-16-8-7-12(13)14(15)18/h7-8,10-11H,4-6,9H2,1-3H3,(H2,15,18). The van der Waals surface area contributed by atoms with Gasteiger partial charge in [0.25, 0.3) is 0 Å². The van der Waals surface area contributed by atoms with Crippen molar-refractivity contribution in [1.29, 1.82) is 0 Å². The molecular weight excluding hydrogens is 242 g/mol. The van der Waals surface area contributed by atoms with Gasteiger partial charge in [0.1, 0.15) is 4.99 Å². The molecule has 0 fully saturated rings. The predicted octanol–water partition coefficient (Wildman–Crippen LogP) is 3.12. The van der Waals surface area contributed by atoms with E-state index in [1.807, 2.05) is 12.3 Å². The largest absolute Gasteiger partial charge is 0.389 e. The molecule has 0 saturated carbocycles. The molecule has 3 nitrogen and oxygen atoms in total. The van der Waals surface area contributed by atoms with Crippen LogP contribution in [0.3, 0.4) is 0 Å². The maximum absolute atomic E-state index is 5.78. The van der Waals surface area contributed by atoms with Crippen LogP contribution < -0.4 is 10.6 Å². The van der Waals surface area contributed by atoms with Crippen molar-refractivity contribution in [2.24, 2.45) is 5.73 Å². The molecule has 0 radical (unpaired) electrons. The van der Waals surface area contributed by atoms with Crippen molar-refractivity contribution in [3.63, 3.8) is 0 Å². The van der Waals surface area contributed by atoms with Gasteiger partial charge in [0.05, 0.1) is 11.9 Å². The molecule has 0 atom stereocenters. The quantitative estimate of drug-likeness (QED) is 0.607. The van der Waals surface area contributed by atoms with Crippen molar-refractivity contribution in [1.82, 2.24) is 4.98 Å².